The molecule has 3 aromatic carbocycles. The van der Waals surface area contributed by atoms with Gasteiger partial charge in [-0.1, -0.05) is 47.5 Å². The van der Waals surface area contributed by atoms with E-state index in [1.807, 2.05) is 42.6 Å². The molecule has 35 heavy (non-hydrogen) atoms. The Morgan fingerprint density at radius 2 is 1.91 bits per heavy atom. The predicted octanol–water partition coefficient (Wildman–Crippen LogP) is 6.41. The van der Waals surface area contributed by atoms with E-state index < -0.39 is 10.8 Å². The normalized spacial score (nSPS) is 11.5. The zero-order valence-electron chi connectivity index (χ0n) is 17.9. The zero-order chi connectivity index (χ0) is 24.5. The minimum absolute atomic E-state index is 0.000284. The number of hydrogen-bond donors (Lipinski definition) is 1. The van der Waals surface area contributed by atoms with Crippen molar-refractivity contribution >= 4 is 62.9 Å². The first kappa shape index (κ1) is 22.6. The van der Waals surface area contributed by atoms with E-state index in [-0.39, 0.29) is 11.4 Å². The number of nitro benzene ring substituents is 1. The summed E-state index contributed by atoms with van der Waals surface area (Å²) in [6.07, 6.45) is 3.49. The number of aromatic nitrogens is 1. The Bertz CT molecular complexity index is 1640. The molecule has 0 atom stereocenters. The first-order valence-electron chi connectivity index (χ1n) is 10.4. The Labute approximate surface area is 208 Å². The molecule has 0 saturated heterocycles. The number of furan rings is 1. The molecule has 174 valence electrons. The third-order valence-corrected chi connectivity index (χ3v) is 6.20. The van der Waals surface area contributed by atoms with Gasteiger partial charge in [0.15, 0.2) is 5.76 Å². The summed E-state index contributed by atoms with van der Waals surface area (Å²) in [6.45, 7) is 0.572. The van der Waals surface area contributed by atoms with Crippen LogP contribution in [0.2, 0.25) is 10.0 Å². The number of benzene rings is 3. The van der Waals surface area contributed by atoms with Crippen molar-refractivity contribution in [1.82, 2.24) is 9.99 Å². The van der Waals surface area contributed by atoms with Crippen LogP contribution in [0.1, 0.15) is 21.7 Å². The van der Waals surface area contributed by atoms with Crippen molar-refractivity contribution in [3.8, 4) is 0 Å². The molecule has 5 rings (SSSR count). The standard InChI is InChI=1S/C25H16Cl2N4O4/c26-20-7-5-15(9-21(20)27)13-30-14-17(19-3-1-2-4-22(19)30)12-28-29-25(32)24-11-16-10-18(31(33)34)6-8-23(16)35-24/h1-12,14H,13H2,(H,29,32)/b28-12-. The summed E-state index contributed by atoms with van der Waals surface area (Å²) in [7, 11) is 0. The highest BCUT2D eigenvalue weighted by Gasteiger charge is 2.15. The molecule has 0 unspecified atom stereocenters. The van der Waals surface area contributed by atoms with Gasteiger partial charge in [0.05, 0.1) is 21.2 Å². The molecule has 0 aliphatic heterocycles. The van der Waals surface area contributed by atoms with Crippen LogP contribution in [-0.2, 0) is 6.54 Å². The molecule has 8 nitrogen and oxygen atoms in total. The van der Waals surface area contributed by atoms with Crippen molar-refractivity contribution in [2.75, 3.05) is 0 Å². The molecule has 0 aliphatic carbocycles. The Morgan fingerprint density at radius 3 is 2.71 bits per heavy atom. The van der Waals surface area contributed by atoms with Gasteiger partial charge in [-0.05, 0) is 35.9 Å². The highest BCUT2D eigenvalue weighted by Crippen LogP contribution is 2.26. The number of rotatable bonds is 6. The van der Waals surface area contributed by atoms with Gasteiger partial charge in [-0.15, -0.1) is 0 Å². The highest BCUT2D eigenvalue weighted by molar-refractivity contribution is 6.42. The third kappa shape index (κ3) is 4.62. The highest BCUT2D eigenvalue weighted by atomic mass is 35.5. The lowest BCUT2D eigenvalue weighted by atomic mass is 10.2. The average Bonchev–Trinajstić information content (AvgIpc) is 3.43. The Morgan fingerprint density at radius 1 is 1.09 bits per heavy atom. The fraction of sp³-hybridized carbons (Fsp3) is 0.0400. The lowest BCUT2D eigenvalue weighted by molar-refractivity contribution is -0.384. The van der Waals surface area contributed by atoms with Gasteiger partial charge in [0.1, 0.15) is 5.58 Å². The number of carbonyl (C=O) groups is 1. The number of halogens is 2. The lowest BCUT2D eigenvalue weighted by Crippen LogP contribution is -2.16. The predicted molar refractivity (Wildman–Crippen MR) is 135 cm³/mol. The largest absolute Gasteiger partial charge is 0.451 e. The van der Waals surface area contributed by atoms with Gasteiger partial charge in [-0.3, -0.25) is 14.9 Å². The number of non-ortho nitro benzene ring substituents is 1. The van der Waals surface area contributed by atoms with Gasteiger partial charge in [-0.2, -0.15) is 5.10 Å². The Hall–Kier alpha value is -4.14. The van der Waals surface area contributed by atoms with Crippen LogP contribution in [0.3, 0.4) is 0 Å². The molecule has 0 fully saturated rings. The van der Waals surface area contributed by atoms with E-state index in [4.69, 9.17) is 27.6 Å². The van der Waals surface area contributed by atoms with Crippen molar-refractivity contribution in [2.45, 2.75) is 6.54 Å². The summed E-state index contributed by atoms with van der Waals surface area (Å²) < 4.78 is 7.55. The number of carbonyl (C=O) groups excluding carboxylic acids is 1. The van der Waals surface area contributed by atoms with Gasteiger partial charge in [-0.25, -0.2) is 5.43 Å². The number of hydrazone groups is 1. The summed E-state index contributed by atoms with van der Waals surface area (Å²) in [4.78, 5) is 23.0. The van der Waals surface area contributed by atoms with E-state index in [1.165, 1.54) is 24.3 Å². The topological polar surface area (TPSA) is 103 Å². The molecule has 5 aromatic rings. The molecule has 0 bridgehead atoms. The van der Waals surface area contributed by atoms with E-state index in [0.29, 0.717) is 27.6 Å². The van der Waals surface area contributed by atoms with Gasteiger partial charge >= 0.3 is 5.91 Å². The van der Waals surface area contributed by atoms with Crippen LogP contribution in [0.15, 0.2) is 82.4 Å². The summed E-state index contributed by atoms with van der Waals surface area (Å²) in [5.41, 5.74) is 5.52. The quantitative estimate of drug-likeness (QED) is 0.163. The van der Waals surface area contributed by atoms with Crippen molar-refractivity contribution in [1.29, 1.82) is 0 Å². The van der Waals surface area contributed by atoms with Crippen LogP contribution < -0.4 is 5.43 Å². The van der Waals surface area contributed by atoms with Gasteiger partial charge in [0.2, 0.25) is 0 Å². The third-order valence-electron chi connectivity index (χ3n) is 5.46. The molecule has 0 saturated carbocycles. The Balaban J connectivity index is 1.36. The number of fused-ring (bicyclic) bond motifs is 2. The molecule has 0 radical (unpaired) electrons. The fourth-order valence-electron chi connectivity index (χ4n) is 3.82. The monoisotopic (exact) mass is 506 g/mol. The molecule has 10 heteroatoms. The average molecular weight is 507 g/mol. The molecule has 2 heterocycles. The first-order chi connectivity index (χ1) is 16.9. The minimum atomic E-state index is -0.570. The maximum atomic E-state index is 12.5. The van der Waals surface area contributed by atoms with Crippen LogP contribution in [-0.4, -0.2) is 21.6 Å². The van der Waals surface area contributed by atoms with E-state index in [1.54, 1.807) is 12.3 Å². The van der Waals surface area contributed by atoms with E-state index >= 15 is 0 Å². The molecular weight excluding hydrogens is 491 g/mol. The second-order valence-corrected chi connectivity index (χ2v) is 8.58. The number of nitro groups is 1. The second-order valence-electron chi connectivity index (χ2n) is 7.77. The molecule has 0 spiro atoms. The van der Waals surface area contributed by atoms with E-state index in [0.717, 1.165) is 22.0 Å². The van der Waals surface area contributed by atoms with Crippen LogP contribution in [0.4, 0.5) is 5.69 Å². The van der Waals surface area contributed by atoms with Gasteiger partial charge < -0.3 is 8.98 Å². The maximum Gasteiger partial charge on any atom is 0.307 e. The van der Waals surface area contributed by atoms with Crippen LogP contribution in [0, 0.1) is 10.1 Å². The van der Waals surface area contributed by atoms with Crippen LogP contribution >= 0.6 is 23.2 Å². The van der Waals surface area contributed by atoms with Crippen LogP contribution in [0.25, 0.3) is 21.9 Å². The van der Waals surface area contributed by atoms with E-state index in [9.17, 15) is 14.9 Å². The molecular formula is C25H16Cl2N4O4. The molecule has 2 aromatic heterocycles. The summed E-state index contributed by atoms with van der Waals surface area (Å²) in [5.74, 6) is -0.570. The maximum absolute atomic E-state index is 12.5. The summed E-state index contributed by atoms with van der Waals surface area (Å²) in [6, 6.07) is 18.9. The van der Waals surface area contributed by atoms with Crippen molar-refractivity contribution in [3.63, 3.8) is 0 Å². The van der Waals surface area contributed by atoms with Crippen LogP contribution in [0.5, 0.6) is 0 Å². The van der Waals surface area contributed by atoms with Crippen molar-refractivity contribution in [2.24, 2.45) is 5.10 Å². The lowest BCUT2D eigenvalue weighted by Gasteiger charge is -2.06. The van der Waals surface area contributed by atoms with Gasteiger partial charge in [0.25, 0.3) is 5.69 Å². The minimum Gasteiger partial charge on any atom is -0.451 e. The number of para-hydroxylation sites is 1. The number of nitrogens with zero attached hydrogens (tertiary/aromatic N) is 3. The number of hydrogen-bond acceptors (Lipinski definition) is 5. The summed E-state index contributed by atoms with van der Waals surface area (Å²) in [5, 5.41) is 17.4. The smallest absolute Gasteiger partial charge is 0.307 e. The summed E-state index contributed by atoms with van der Waals surface area (Å²) >= 11 is 12.2. The Kier molecular flexibility index (Phi) is 5.98. The SMILES string of the molecule is O=C(N/N=C\c1cn(Cc2ccc(Cl)c(Cl)c2)c2ccccc12)c1cc2cc([N+](=O)[O-])ccc2o1. The number of amides is 1. The van der Waals surface area contributed by atoms with Crippen molar-refractivity contribution in [3.05, 3.63) is 110 Å². The van der Waals surface area contributed by atoms with E-state index in [2.05, 4.69) is 15.1 Å². The second kappa shape index (κ2) is 9.25. The van der Waals surface area contributed by atoms with Crippen molar-refractivity contribution < 1.29 is 14.1 Å². The molecule has 0 aliphatic rings. The fourth-order valence-corrected chi connectivity index (χ4v) is 4.14. The van der Waals surface area contributed by atoms with Gasteiger partial charge in [0, 0.05) is 46.7 Å². The number of nitrogens with one attached hydrogen (secondary N) is 1. The zero-order valence-corrected chi connectivity index (χ0v) is 19.5. The molecule has 1 N–H and O–H groups in total. The molecule has 1 amide bonds. The first-order valence-corrected chi connectivity index (χ1v) is 11.2.